The molecular formula is C16H16BrClFN. The van der Waals surface area contributed by atoms with Gasteiger partial charge in [-0.1, -0.05) is 58.7 Å². The van der Waals surface area contributed by atoms with Crippen molar-refractivity contribution in [3.05, 3.63) is 68.9 Å². The molecule has 0 aromatic heterocycles. The second kappa shape index (κ2) is 7.21. The van der Waals surface area contributed by atoms with Crippen molar-refractivity contribution in [2.45, 2.75) is 19.4 Å². The molecule has 0 saturated carbocycles. The zero-order valence-electron chi connectivity index (χ0n) is 11.2. The van der Waals surface area contributed by atoms with Gasteiger partial charge in [-0.25, -0.2) is 4.39 Å². The second-order valence-electron chi connectivity index (χ2n) is 4.54. The Morgan fingerprint density at radius 1 is 1.20 bits per heavy atom. The Labute approximate surface area is 132 Å². The summed E-state index contributed by atoms with van der Waals surface area (Å²) in [4.78, 5) is 0. The third kappa shape index (κ3) is 3.40. The zero-order chi connectivity index (χ0) is 14.5. The van der Waals surface area contributed by atoms with E-state index in [1.165, 1.54) is 6.07 Å². The van der Waals surface area contributed by atoms with E-state index in [-0.39, 0.29) is 11.9 Å². The fraction of sp³-hybridized carbons (Fsp3) is 0.250. The molecule has 1 nitrogen and oxygen atoms in total. The number of hydrogen-bond donors (Lipinski definition) is 1. The molecule has 0 bridgehead atoms. The molecule has 0 spiro atoms. The van der Waals surface area contributed by atoms with Crippen LogP contribution in [0.15, 0.2) is 46.9 Å². The highest BCUT2D eigenvalue weighted by atomic mass is 79.9. The van der Waals surface area contributed by atoms with Gasteiger partial charge in [-0.2, -0.15) is 0 Å². The Morgan fingerprint density at radius 3 is 2.60 bits per heavy atom. The highest BCUT2D eigenvalue weighted by molar-refractivity contribution is 9.10. The van der Waals surface area contributed by atoms with Crippen molar-refractivity contribution in [2.24, 2.45) is 0 Å². The van der Waals surface area contributed by atoms with Gasteiger partial charge in [-0.3, -0.25) is 0 Å². The van der Waals surface area contributed by atoms with Crippen LogP contribution in [0, 0.1) is 5.82 Å². The first-order valence-corrected chi connectivity index (χ1v) is 7.74. The Kier molecular flexibility index (Phi) is 5.58. The van der Waals surface area contributed by atoms with Crippen LogP contribution in [0.1, 0.15) is 30.5 Å². The molecule has 0 aliphatic heterocycles. The highest BCUT2D eigenvalue weighted by Gasteiger charge is 2.21. The molecule has 0 amide bonds. The molecule has 2 aromatic rings. The van der Waals surface area contributed by atoms with Crippen molar-refractivity contribution in [1.82, 2.24) is 5.32 Å². The van der Waals surface area contributed by atoms with Gasteiger partial charge in [0.25, 0.3) is 0 Å². The lowest BCUT2D eigenvalue weighted by Crippen LogP contribution is -2.24. The lowest BCUT2D eigenvalue weighted by molar-refractivity contribution is 0.544. The summed E-state index contributed by atoms with van der Waals surface area (Å²) < 4.78 is 15.0. The average molecular weight is 357 g/mol. The maximum Gasteiger partial charge on any atom is 0.129 e. The Morgan fingerprint density at radius 2 is 1.95 bits per heavy atom. The number of nitrogens with one attached hydrogen (secondary N) is 1. The van der Waals surface area contributed by atoms with E-state index >= 15 is 0 Å². The minimum Gasteiger partial charge on any atom is -0.306 e. The van der Waals surface area contributed by atoms with Crippen LogP contribution in [0.3, 0.4) is 0 Å². The van der Waals surface area contributed by atoms with Crippen LogP contribution >= 0.6 is 27.5 Å². The van der Waals surface area contributed by atoms with Gasteiger partial charge in [0.2, 0.25) is 0 Å². The first-order valence-electron chi connectivity index (χ1n) is 6.56. The van der Waals surface area contributed by atoms with Crippen LogP contribution in [0.5, 0.6) is 0 Å². The molecule has 0 radical (unpaired) electrons. The molecule has 2 rings (SSSR count). The van der Waals surface area contributed by atoms with E-state index in [0.29, 0.717) is 10.6 Å². The van der Waals surface area contributed by atoms with Crippen molar-refractivity contribution in [1.29, 1.82) is 0 Å². The zero-order valence-corrected chi connectivity index (χ0v) is 13.5. The predicted molar refractivity (Wildman–Crippen MR) is 85.7 cm³/mol. The summed E-state index contributed by atoms with van der Waals surface area (Å²) in [5.74, 6) is -0.243. The van der Waals surface area contributed by atoms with Crippen LogP contribution in [0.4, 0.5) is 4.39 Å². The van der Waals surface area contributed by atoms with E-state index in [2.05, 4.69) is 28.2 Å². The lowest BCUT2D eigenvalue weighted by Gasteiger charge is -2.22. The van der Waals surface area contributed by atoms with Crippen molar-refractivity contribution in [2.75, 3.05) is 6.54 Å². The molecule has 0 fully saturated rings. The number of hydrogen-bond acceptors (Lipinski definition) is 1. The molecule has 0 aliphatic carbocycles. The molecule has 106 valence electrons. The normalized spacial score (nSPS) is 12.4. The topological polar surface area (TPSA) is 12.0 Å². The molecule has 0 heterocycles. The van der Waals surface area contributed by atoms with Gasteiger partial charge in [0.1, 0.15) is 5.82 Å². The first-order chi connectivity index (χ1) is 9.65. The van der Waals surface area contributed by atoms with Crippen LogP contribution in [0.25, 0.3) is 0 Å². The van der Waals surface area contributed by atoms with E-state index in [1.807, 2.05) is 30.3 Å². The Balaban J connectivity index is 2.50. The molecule has 1 N–H and O–H groups in total. The number of rotatable bonds is 5. The molecule has 1 unspecified atom stereocenters. The summed E-state index contributed by atoms with van der Waals surface area (Å²) in [6.45, 7) is 2.86. The van der Waals surface area contributed by atoms with Crippen molar-refractivity contribution in [3.63, 3.8) is 0 Å². The fourth-order valence-corrected chi connectivity index (χ4v) is 2.97. The SMILES string of the molecule is CCCNC(c1ccccc1Cl)c1c(F)cccc1Br. The molecule has 0 saturated heterocycles. The van der Waals surface area contributed by atoms with E-state index in [4.69, 9.17) is 11.6 Å². The quantitative estimate of drug-likeness (QED) is 0.763. The van der Waals surface area contributed by atoms with Gasteiger partial charge >= 0.3 is 0 Å². The third-order valence-corrected chi connectivity index (χ3v) is 4.14. The molecular weight excluding hydrogens is 341 g/mol. The molecule has 2 aromatic carbocycles. The van der Waals surface area contributed by atoms with Crippen LogP contribution in [-0.4, -0.2) is 6.54 Å². The largest absolute Gasteiger partial charge is 0.306 e. The van der Waals surface area contributed by atoms with Gasteiger partial charge in [-0.15, -0.1) is 0 Å². The fourth-order valence-electron chi connectivity index (χ4n) is 2.15. The molecule has 4 heteroatoms. The maximum atomic E-state index is 14.2. The molecule has 20 heavy (non-hydrogen) atoms. The van der Waals surface area contributed by atoms with Crippen LogP contribution in [-0.2, 0) is 0 Å². The van der Waals surface area contributed by atoms with Crippen molar-refractivity contribution in [3.8, 4) is 0 Å². The number of benzene rings is 2. The van der Waals surface area contributed by atoms with E-state index in [9.17, 15) is 4.39 Å². The van der Waals surface area contributed by atoms with Gasteiger partial charge in [0.05, 0.1) is 6.04 Å². The maximum absolute atomic E-state index is 14.2. The average Bonchev–Trinajstić information content (AvgIpc) is 2.43. The first kappa shape index (κ1) is 15.5. The van der Waals surface area contributed by atoms with Crippen molar-refractivity contribution < 1.29 is 4.39 Å². The Hall–Kier alpha value is -0.900. The van der Waals surface area contributed by atoms with E-state index < -0.39 is 0 Å². The summed E-state index contributed by atoms with van der Waals surface area (Å²) in [6.07, 6.45) is 0.965. The van der Waals surface area contributed by atoms with Crippen LogP contribution < -0.4 is 5.32 Å². The number of halogens is 3. The van der Waals surface area contributed by atoms with Gasteiger partial charge in [0.15, 0.2) is 0 Å². The standard InChI is InChI=1S/C16H16BrClFN/c1-2-10-20-16(11-6-3-4-8-13(11)18)15-12(17)7-5-9-14(15)19/h3-9,16,20H,2,10H2,1H3. The van der Waals surface area contributed by atoms with E-state index in [1.54, 1.807) is 6.07 Å². The minimum atomic E-state index is -0.265. The lowest BCUT2D eigenvalue weighted by atomic mass is 9.98. The smallest absolute Gasteiger partial charge is 0.129 e. The summed E-state index contributed by atoms with van der Waals surface area (Å²) in [7, 11) is 0. The summed E-state index contributed by atoms with van der Waals surface area (Å²) in [6, 6.07) is 12.3. The monoisotopic (exact) mass is 355 g/mol. The van der Waals surface area contributed by atoms with E-state index in [0.717, 1.165) is 23.0 Å². The summed E-state index contributed by atoms with van der Waals surface area (Å²) in [5, 5.41) is 4.01. The van der Waals surface area contributed by atoms with Gasteiger partial charge in [0, 0.05) is 15.1 Å². The van der Waals surface area contributed by atoms with Gasteiger partial charge in [-0.05, 0) is 36.7 Å². The minimum absolute atomic E-state index is 0.243. The summed E-state index contributed by atoms with van der Waals surface area (Å²) in [5.41, 5.74) is 1.47. The predicted octanol–water partition coefficient (Wildman–Crippen LogP) is 5.33. The second-order valence-corrected chi connectivity index (χ2v) is 5.81. The van der Waals surface area contributed by atoms with Crippen molar-refractivity contribution >= 4 is 27.5 Å². The third-order valence-electron chi connectivity index (χ3n) is 3.10. The Bertz CT molecular complexity index is 568. The molecule has 0 aliphatic rings. The summed E-state index contributed by atoms with van der Waals surface area (Å²) >= 11 is 9.71. The highest BCUT2D eigenvalue weighted by Crippen LogP contribution is 2.34. The van der Waals surface area contributed by atoms with Gasteiger partial charge < -0.3 is 5.32 Å². The van der Waals surface area contributed by atoms with Crippen LogP contribution in [0.2, 0.25) is 5.02 Å². The molecule has 1 atom stereocenters.